The number of hydrogen-bond donors (Lipinski definition) is 1. The van der Waals surface area contributed by atoms with E-state index in [1.165, 1.54) is 22.0 Å². The first-order valence-corrected chi connectivity index (χ1v) is 13.1. The Morgan fingerprint density at radius 3 is 2.55 bits per heavy atom. The van der Waals surface area contributed by atoms with Crippen LogP contribution in [0.15, 0.2) is 53.4 Å². The number of rotatable bonds is 7. The molecule has 2 saturated heterocycles. The van der Waals surface area contributed by atoms with Crippen molar-refractivity contribution < 1.29 is 17.9 Å². The molecule has 0 saturated carbocycles. The van der Waals surface area contributed by atoms with Gasteiger partial charge in [-0.1, -0.05) is 35.9 Å². The zero-order chi connectivity index (χ0) is 23.3. The van der Waals surface area contributed by atoms with Gasteiger partial charge in [-0.3, -0.25) is 9.69 Å². The second-order valence-electron chi connectivity index (χ2n) is 8.58. The predicted molar refractivity (Wildman–Crippen MR) is 127 cm³/mol. The number of hydrogen-bond acceptors (Lipinski definition) is 5. The number of ether oxygens (including phenoxy) is 1. The Balaban J connectivity index is 1.33. The number of benzene rings is 2. The van der Waals surface area contributed by atoms with Crippen LogP contribution in [0.4, 0.5) is 0 Å². The number of nitrogens with zero attached hydrogens (tertiary/aromatic N) is 2. The molecule has 4 rings (SSSR count). The Kier molecular flexibility index (Phi) is 8.03. The van der Waals surface area contributed by atoms with Crippen molar-refractivity contribution in [1.82, 2.24) is 14.5 Å². The van der Waals surface area contributed by atoms with E-state index in [-0.39, 0.29) is 23.3 Å². The van der Waals surface area contributed by atoms with E-state index in [4.69, 9.17) is 16.3 Å². The van der Waals surface area contributed by atoms with Crippen molar-refractivity contribution in [2.75, 3.05) is 39.4 Å². The van der Waals surface area contributed by atoms with Crippen LogP contribution in [0.5, 0.6) is 0 Å². The molecule has 1 amide bonds. The van der Waals surface area contributed by atoms with Crippen molar-refractivity contribution in [3.05, 3.63) is 64.7 Å². The van der Waals surface area contributed by atoms with Gasteiger partial charge in [0.25, 0.3) is 0 Å². The highest BCUT2D eigenvalue weighted by atomic mass is 35.5. The van der Waals surface area contributed by atoms with Crippen LogP contribution in [0.3, 0.4) is 0 Å². The van der Waals surface area contributed by atoms with Gasteiger partial charge in [-0.2, -0.15) is 4.31 Å². The molecule has 0 unspecified atom stereocenters. The lowest BCUT2D eigenvalue weighted by atomic mass is 9.98. The first-order chi connectivity index (χ1) is 15.9. The molecule has 2 aliphatic rings. The summed E-state index contributed by atoms with van der Waals surface area (Å²) in [7, 11) is -3.65. The SMILES string of the molecule is O=C(NCc1cccc(CN2CCOCC2)c1)[C@H]1CCCN(S(=O)(=O)c2ccc(Cl)cc2)C1. The number of piperidine rings is 1. The normalized spacial score (nSPS) is 20.5. The highest BCUT2D eigenvalue weighted by Gasteiger charge is 2.33. The summed E-state index contributed by atoms with van der Waals surface area (Å²) < 4.78 is 32.8. The highest BCUT2D eigenvalue weighted by molar-refractivity contribution is 7.89. The largest absolute Gasteiger partial charge is 0.379 e. The van der Waals surface area contributed by atoms with Crippen molar-refractivity contribution >= 4 is 27.5 Å². The summed E-state index contributed by atoms with van der Waals surface area (Å²) in [5.41, 5.74) is 2.25. The topological polar surface area (TPSA) is 79.0 Å². The fourth-order valence-electron chi connectivity index (χ4n) is 4.32. The van der Waals surface area contributed by atoms with E-state index < -0.39 is 10.0 Å². The van der Waals surface area contributed by atoms with Crippen LogP contribution in [0.2, 0.25) is 5.02 Å². The summed E-state index contributed by atoms with van der Waals surface area (Å²) in [5, 5.41) is 3.49. The van der Waals surface area contributed by atoms with Crippen LogP contribution in [0.25, 0.3) is 0 Å². The molecule has 0 spiro atoms. The summed E-state index contributed by atoms with van der Waals surface area (Å²) in [4.78, 5) is 15.4. The number of nitrogens with one attached hydrogen (secondary N) is 1. The van der Waals surface area contributed by atoms with Crippen molar-refractivity contribution in [3.8, 4) is 0 Å². The Hall–Kier alpha value is -1.97. The smallest absolute Gasteiger partial charge is 0.243 e. The molecule has 2 aromatic rings. The summed E-state index contributed by atoms with van der Waals surface area (Å²) in [6.45, 7) is 5.29. The first kappa shape index (κ1) is 24.2. The van der Waals surface area contributed by atoms with Gasteiger partial charge >= 0.3 is 0 Å². The first-order valence-electron chi connectivity index (χ1n) is 11.3. The number of carbonyl (C=O) groups is 1. The number of amides is 1. The summed E-state index contributed by atoms with van der Waals surface area (Å²) in [6, 6.07) is 14.4. The maximum absolute atomic E-state index is 13.0. The quantitative estimate of drug-likeness (QED) is 0.644. The van der Waals surface area contributed by atoms with E-state index in [2.05, 4.69) is 22.3 Å². The Morgan fingerprint density at radius 2 is 1.79 bits per heavy atom. The molecular formula is C24H30ClN3O4S. The number of morpholine rings is 1. The molecule has 2 aliphatic heterocycles. The minimum absolute atomic E-state index is 0.107. The average molecular weight is 492 g/mol. The fraction of sp³-hybridized carbons (Fsp3) is 0.458. The van der Waals surface area contributed by atoms with Gasteiger partial charge in [0.05, 0.1) is 24.0 Å². The monoisotopic (exact) mass is 491 g/mol. The minimum atomic E-state index is -3.65. The van der Waals surface area contributed by atoms with Gasteiger partial charge in [0.1, 0.15) is 0 Å². The second kappa shape index (κ2) is 11.0. The van der Waals surface area contributed by atoms with Gasteiger partial charge in [-0.15, -0.1) is 0 Å². The molecule has 33 heavy (non-hydrogen) atoms. The van der Waals surface area contributed by atoms with E-state index in [9.17, 15) is 13.2 Å². The van der Waals surface area contributed by atoms with Gasteiger partial charge in [0.15, 0.2) is 0 Å². The Morgan fingerprint density at radius 1 is 1.06 bits per heavy atom. The number of carbonyl (C=O) groups excluding carboxylic acids is 1. The maximum atomic E-state index is 13.0. The molecule has 0 radical (unpaired) electrons. The van der Waals surface area contributed by atoms with Crippen LogP contribution < -0.4 is 5.32 Å². The lowest BCUT2D eigenvalue weighted by Crippen LogP contribution is -2.45. The number of sulfonamides is 1. The van der Waals surface area contributed by atoms with Crippen LogP contribution in [0, 0.1) is 5.92 Å². The molecule has 9 heteroatoms. The lowest BCUT2D eigenvalue weighted by molar-refractivity contribution is -0.126. The van der Waals surface area contributed by atoms with Crippen LogP contribution in [-0.2, 0) is 32.6 Å². The molecule has 0 bridgehead atoms. The van der Waals surface area contributed by atoms with Gasteiger partial charge in [-0.25, -0.2) is 8.42 Å². The molecule has 7 nitrogen and oxygen atoms in total. The van der Waals surface area contributed by atoms with Crippen molar-refractivity contribution in [1.29, 1.82) is 0 Å². The Labute approximate surface area is 200 Å². The van der Waals surface area contributed by atoms with Crippen LogP contribution >= 0.6 is 11.6 Å². The average Bonchev–Trinajstić information content (AvgIpc) is 2.84. The van der Waals surface area contributed by atoms with Gasteiger partial charge in [-0.05, 0) is 48.2 Å². The van der Waals surface area contributed by atoms with E-state index in [1.54, 1.807) is 12.1 Å². The minimum Gasteiger partial charge on any atom is -0.379 e. The van der Waals surface area contributed by atoms with Crippen molar-refractivity contribution in [3.63, 3.8) is 0 Å². The molecule has 2 fully saturated rings. The molecule has 0 aromatic heterocycles. The third kappa shape index (κ3) is 6.33. The van der Waals surface area contributed by atoms with E-state index in [0.717, 1.165) is 38.4 Å². The lowest BCUT2D eigenvalue weighted by Gasteiger charge is -2.31. The Bertz CT molecular complexity index is 1060. The molecule has 0 aliphatic carbocycles. The van der Waals surface area contributed by atoms with E-state index >= 15 is 0 Å². The number of halogens is 1. The van der Waals surface area contributed by atoms with Gasteiger partial charge < -0.3 is 10.1 Å². The highest BCUT2D eigenvalue weighted by Crippen LogP contribution is 2.25. The maximum Gasteiger partial charge on any atom is 0.243 e. The van der Waals surface area contributed by atoms with Crippen molar-refractivity contribution in [2.24, 2.45) is 5.92 Å². The summed E-state index contributed by atoms with van der Waals surface area (Å²) in [5.74, 6) is -0.470. The summed E-state index contributed by atoms with van der Waals surface area (Å²) >= 11 is 5.89. The summed E-state index contributed by atoms with van der Waals surface area (Å²) in [6.07, 6.45) is 1.33. The zero-order valence-corrected chi connectivity index (χ0v) is 20.2. The molecular weight excluding hydrogens is 462 g/mol. The van der Waals surface area contributed by atoms with Gasteiger partial charge in [0, 0.05) is 44.3 Å². The molecule has 178 valence electrons. The second-order valence-corrected chi connectivity index (χ2v) is 11.0. The van der Waals surface area contributed by atoms with Crippen LogP contribution in [-0.4, -0.2) is 62.9 Å². The third-order valence-electron chi connectivity index (χ3n) is 6.17. The third-order valence-corrected chi connectivity index (χ3v) is 8.31. The van der Waals surface area contributed by atoms with Crippen molar-refractivity contribution in [2.45, 2.75) is 30.8 Å². The fourth-order valence-corrected chi connectivity index (χ4v) is 5.97. The van der Waals surface area contributed by atoms with E-state index in [0.29, 0.717) is 31.0 Å². The van der Waals surface area contributed by atoms with E-state index in [1.807, 2.05) is 12.1 Å². The molecule has 1 N–H and O–H groups in total. The van der Waals surface area contributed by atoms with Gasteiger partial charge in [0.2, 0.25) is 15.9 Å². The molecule has 2 aromatic carbocycles. The van der Waals surface area contributed by atoms with Crippen LogP contribution in [0.1, 0.15) is 24.0 Å². The molecule has 1 atom stereocenters. The zero-order valence-electron chi connectivity index (χ0n) is 18.6. The standard InChI is InChI=1S/C24H30ClN3O4S/c25-22-6-8-23(9-7-22)33(30,31)28-10-2-5-21(18-28)24(29)26-16-19-3-1-4-20(15-19)17-27-11-13-32-14-12-27/h1,3-4,6-9,15,21H,2,5,10-14,16-18H2,(H,26,29)/t21-/m0/s1. The predicted octanol–water partition coefficient (Wildman–Crippen LogP) is 2.89. The molecule has 2 heterocycles.